The Kier molecular flexibility index (Phi) is 6.33. The summed E-state index contributed by atoms with van der Waals surface area (Å²) in [5.74, 6) is 1.60. The van der Waals surface area contributed by atoms with Crippen LogP contribution in [0.5, 0.6) is 0 Å². The Morgan fingerprint density at radius 1 is 1.17 bits per heavy atom. The van der Waals surface area contributed by atoms with Crippen LogP contribution < -0.4 is 21.7 Å². The lowest BCUT2D eigenvalue weighted by Gasteiger charge is -2.35. The van der Waals surface area contributed by atoms with E-state index in [1.165, 1.54) is 0 Å². The molecular formula is C25H35N9O. The minimum atomic E-state index is -0.112. The molecule has 0 radical (unpaired) electrons. The number of likely N-dealkylation sites (tertiary alicyclic amines) is 1. The number of fused-ring (bicyclic) bond motifs is 1. The lowest BCUT2D eigenvalue weighted by atomic mass is 9.97. The first-order chi connectivity index (χ1) is 16.9. The first-order valence-electron chi connectivity index (χ1n) is 12.5. The topological polar surface area (TPSA) is 131 Å². The van der Waals surface area contributed by atoms with Gasteiger partial charge in [-0.3, -0.25) is 4.79 Å². The minimum Gasteiger partial charge on any atom is -0.373 e. The van der Waals surface area contributed by atoms with Gasteiger partial charge in [-0.25, -0.2) is 14.5 Å². The maximum Gasteiger partial charge on any atom is 0.254 e. The Morgan fingerprint density at radius 3 is 2.71 bits per heavy atom. The van der Waals surface area contributed by atoms with E-state index >= 15 is 0 Å². The summed E-state index contributed by atoms with van der Waals surface area (Å²) in [6.45, 7) is 6.61. The molecule has 3 aromatic heterocycles. The summed E-state index contributed by atoms with van der Waals surface area (Å²) in [7, 11) is 1.80. The Morgan fingerprint density at radius 2 is 2.00 bits per heavy atom. The van der Waals surface area contributed by atoms with Gasteiger partial charge in [-0.05, 0) is 45.6 Å². The fraction of sp³-hybridized carbons (Fsp3) is 0.520. The number of nitrogens with two attached hydrogens (primary N) is 2. The lowest BCUT2D eigenvalue weighted by molar-refractivity contribution is 0.0604. The molecule has 2 atom stereocenters. The van der Waals surface area contributed by atoms with Gasteiger partial charge in [-0.15, -0.1) is 0 Å². The van der Waals surface area contributed by atoms with Gasteiger partial charge in [0.05, 0.1) is 11.7 Å². The van der Waals surface area contributed by atoms with Crippen molar-refractivity contribution in [1.29, 1.82) is 0 Å². The number of hydrogen-bond acceptors (Lipinski definition) is 8. The van der Waals surface area contributed by atoms with Gasteiger partial charge in [0.15, 0.2) is 5.65 Å². The van der Waals surface area contributed by atoms with Gasteiger partial charge in [0.2, 0.25) is 0 Å². The Bertz CT molecular complexity index is 1250. The number of carbonyl (C=O) groups excluding carboxylic acids is 1. The van der Waals surface area contributed by atoms with Gasteiger partial charge in [0, 0.05) is 73.9 Å². The molecule has 2 aliphatic heterocycles. The number of nitrogens with one attached hydrogen (secondary N) is 1. The summed E-state index contributed by atoms with van der Waals surface area (Å²) in [4.78, 5) is 27.5. The lowest BCUT2D eigenvalue weighted by Crippen LogP contribution is -2.39. The molecule has 5 N–H and O–H groups in total. The van der Waals surface area contributed by atoms with E-state index in [-0.39, 0.29) is 24.5 Å². The van der Waals surface area contributed by atoms with Crippen LogP contribution in [-0.2, 0) is 6.54 Å². The molecule has 5 heterocycles. The molecule has 10 heteroatoms. The Hall–Kier alpha value is -3.24. The molecular weight excluding hydrogens is 442 g/mol. The second kappa shape index (κ2) is 9.43. The third-order valence-electron chi connectivity index (χ3n) is 7.18. The van der Waals surface area contributed by atoms with Gasteiger partial charge in [-0.2, -0.15) is 5.10 Å². The average molecular weight is 478 g/mol. The first-order valence-corrected chi connectivity index (χ1v) is 12.5. The quantitative estimate of drug-likeness (QED) is 0.509. The van der Waals surface area contributed by atoms with E-state index in [0.717, 1.165) is 72.8 Å². The van der Waals surface area contributed by atoms with Crippen LogP contribution in [0.4, 0.5) is 11.6 Å². The van der Waals surface area contributed by atoms with Crippen LogP contribution in [0.2, 0.25) is 0 Å². The van der Waals surface area contributed by atoms with Gasteiger partial charge < -0.3 is 26.6 Å². The molecule has 0 unspecified atom stereocenters. The van der Waals surface area contributed by atoms with Crippen molar-refractivity contribution < 1.29 is 4.79 Å². The highest BCUT2D eigenvalue weighted by molar-refractivity contribution is 5.97. The number of hydrogen-bond donors (Lipinski definition) is 3. The zero-order valence-corrected chi connectivity index (χ0v) is 20.8. The van der Waals surface area contributed by atoms with Crippen LogP contribution in [0.1, 0.15) is 64.6 Å². The van der Waals surface area contributed by atoms with Crippen LogP contribution in [-0.4, -0.2) is 63.1 Å². The number of rotatable bonds is 5. The van der Waals surface area contributed by atoms with Gasteiger partial charge >= 0.3 is 0 Å². The molecule has 35 heavy (non-hydrogen) atoms. The largest absolute Gasteiger partial charge is 0.373 e. The van der Waals surface area contributed by atoms with Crippen molar-refractivity contribution in [3.63, 3.8) is 0 Å². The van der Waals surface area contributed by atoms with E-state index < -0.39 is 0 Å². The summed E-state index contributed by atoms with van der Waals surface area (Å²) < 4.78 is 1.84. The summed E-state index contributed by atoms with van der Waals surface area (Å²) in [5, 5.41) is 7.95. The van der Waals surface area contributed by atoms with Gasteiger partial charge in [-0.1, -0.05) is 0 Å². The molecule has 0 bridgehead atoms. The number of amides is 1. The standard InChI is InChI=1S/C25H35N9O/c1-15-13-34-22(30-24(15)32-9-7-17(27)14-32)11-20(31-34)21-6-4-5-8-33(21)25(35)18-10-16(2)29-23(28-3)19(18)12-26/h10-11,13,17,21H,4-9,12,14,26-27H2,1-3H3,(H,28,29)/t17-,21-/m0/s1. The van der Waals surface area contributed by atoms with E-state index in [2.05, 4.69) is 22.1 Å². The van der Waals surface area contributed by atoms with E-state index in [4.69, 9.17) is 21.5 Å². The third-order valence-corrected chi connectivity index (χ3v) is 7.18. The number of anilines is 2. The minimum absolute atomic E-state index is 0.0231. The number of piperidine rings is 1. The van der Waals surface area contributed by atoms with Crippen molar-refractivity contribution in [1.82, 2.24) is 24.5 Å². The van der Waals surface area contributed by atoms with E-state index in [9.17, 15) is 4.79 Å². The Balaban J connectivity index is 1.50. The van der Waals surface area contributed by atoms with E-state index in [1.54, 1.807) is 7.05 Å². The summed E-state index contributed by atoms with van der Waals surface area (Å²) in [6.07, 6.45) is 5.88. The number of pyridine rings is 1. The van der Waals surface area contributed by atoms with Crippen molar-refractivity contribution in [2.75, 3.05) is 36.9 Å². The maximum atomic E-state index is 13.9. The average Bonchev–Trinajstić information content (AvgIpc) is 3.48. The van der Waals surface area contributed by atoms with Crippen LogP contribution in [0.15, 0.2) is 18.3 Å². The smallest absolute Gasteiger partial charge is 0.254 e. The molecule has 5 rings (SSSR count). The fourth-order valence-electron chi connectivity index (χ4n) is 5.42. The van der Waals surface area contributed by atoms with Gasteiger partial charge in [0.1, 0.15) is 11.6 Å². The molecule has 0 spiro atoms. The molecule has 1 amide bonds. The third kappa shape index (κ3) is 4.32. The Labute approximate surface area is 205 Å². The van der Waals surface area contributed by atoms with Crippen LogP contribution in [0.25, 0.3) is 5.65 Å². The molecule has 10 nitrogen and oxygen atoms in total. The summed E-state index contributed by atoms with van der Waals surface area (Å²) >= 11 is 0. The number of aryl methyl sites for hydroxylation is 2. The van der Waals surface area contributed by atoms with Crippen molar-refractivity contribution >= 4 is 23.2 Å². The van der Waals surface area contributed by atoms with Crippen molar-refractivity contribution in [2.24, 2.45) is 11.5 Å². The molecule has 0 saturated carbocycles. The first kappa shape index (κ1) is 23.5. The van der Waals surface area contributed by atoms with Crippen molar-refractivity contribution in [2.45, 2.75) is 58.2 Å². The monoisotopic (exact) mass is 477 g/mol. The second-order valence-electron chi connectivity index (χ2n) is 9.72. The van der Waals surface area contributed by atoms with Crippen molar-refractivity contribution in [3.8, 4) is 0 Å². The van der Waals surface area contributed by atoms with E-state index in [0.29, 0.717) is 17.9 Å². The van der Waals surface area contributed by atoms with Crippen LogP contribution in [0, 0.1) is 13.8 Å². The summed E-state index contributed by atoms with van der Waals surface area (Å²) in [6, 6.07) is 3.95. The second-order valence-corrected chi connectivity index (χ2v) is 9.72. The highest BCUT2D eigenvalue weighted by Crippen LogP contribution is 2.34. The molecule has 2 aliphatic rings. The molecule has 0 aromatic carbocycles. The highest BCUT2D eigenvalue weighted by atomic mass is 16.2. The van der Waals surface area contributed by atoms with Crippen molar-refractivity contribution in [3.05, 3.63) is 46.4 Å². The van der Waals surface area contributed by atoms with Crippen LogP contribution >= 0.6 is 0 Å². The highest BCUT2D eigenvalue weighted by Gasteiger charge is 2.32. The molecule has 0 aliphatic carbocycles. The predicted molar refractivity (Wildman–Crippen MR) is 137 cm³/mol. The van der Waals surface area contributed by atoms with Gasteiger partial charge in [0.25, 0.3) is 5.91 Å². The maximum absolute atomic E-state index is 13.9. The fourth-order valence-corrected chi connectivity index (χ4v) is 5.42. The van der Waals surface area contributed by atoms with E-state index in [1.807, 2.05) is 34.7 Å². The normalized spacial score (nSPS) is 20.6. The predicted octanol–water partition coefficient (Wildman–Crippen LogP) is 2.15. The zero-order valence-electron chi connectivity index (χ0n) is 20.8. The SMILES string of the molecule is CNc1nc(C)cc(C(=O)N2CCCC[C@H]2c2cc3nc(N4CC[C@H](N)C4)c(C)cn3n2)c1CN. The number of aromatic nitrogens is 4. The summed E-state index contributed by atoms with van der Waals surface area (Å²) in [5.41, 5.74) is 17.0. The number of carbonyl (C=O) groups is 1. The molecule has 2 fully saturated rings. The van der Waals surface area contributed by atoms with Crippen LogP contribution in [0.3, 0.4) is 0 Å². The molecule has 3 aromatic rings. The number of nitrogens with zero attached hydrogens (tertiary/aromatic N) is 6. The zero-order chi connectivity index (χ0) is 24.7. The molecule has 2 saturated heterocycles. The molecule has 186 valence electrons.